The predicted octanol–water partition coefficient (Wildman–Crippen LogP) is 1.64. The van der Waals surface area contributed by atoms with E-state index in [1.165, 1.54) is 6.92 Å². The summed E-state index contributed by atoms with van der Waals surface area (Å²) < 4.78 is 0. The third kappa shape index (κ3) is 702. The van der Waals surface area contributed by atoms with Crippen LogP contribution in [0, 0.1) is 0 Å². The van der Waals surface area contributed by atoms with E-state index in [1.807, 2.05) is 0 Å². The number of carbonyl (C=O) groups excluding carboxylic acids is 1. The molecule has 1 amide bonds. The van der Waals surface area contributed by atoms with E-state index < -0.39 is 5.91 Å². The van der Waals surface area contributed by atoms with Gasteiger partial charge in [-0.3, -0.25) is 0 Å². The molecule has 1 radical (unpaired) electrons. The second kappa shape index (κ2) is 15.6. The van der Waals surface area contributed by atoms with Gasteiger partial charge in [-0.05, 0) is 6.92 Å². The minimum absolute atomic E-state index is 0. The van der Waals surface area contributed by atoms with E-state index in [1.54, 1.807) is 6.92 Å². The maximum Gasteiger partial charge on any atom is 0.0456 e. The van der Waals surface area contributed by atoms with Crippen molar-refractivity contribution in [2.75, 3.05) is 6.54 Å². The Hall–Kier alpha value is 0.534. The number of nitrogens with one attached hydrogen (secondary N) is 2. The van der Waals surface area contributed by atoms with Crippen LogP contribution in [0.1, 0.15) is 13.8 Å². The molecule has 0 aliphatic heterocycles. The maximum absolute atomic E-state index is 9.11. The van der Waals surface area contributed by atoms with Gasteiger partial charge in [0, 0.05) is 38.6 Å². The van der Waals surface area contributed by atoms with Crippen LogP contribution >= 0.6 is 0 Å². The molecule has 0 heterocycles. The summed E-state index contributed by atoms with van der Waals surface area (Å²) in [6, 6.07) is 0. The van der Waals surface area contributed by atoms with Crippen LogP contribution in [-0.4, -0.2) is 12.5 Å². The largest absolute Gasteiger partial charge is 0.678 e. The van der Waals surface area contributed by atoms with Crippen molar-refractivity contribution in [1.82, 2.24) is 0 Å². The SMILES string of the molecule is CC([NH-])=O.CC[NH-].[Y]. The second-order valence-electron chi connectivity index (χ2n) is 0.910. The molecular weight excluding hydrogens is 181 g/mol. The van der Waals surface area contributed by atoms with Crippen LogP contribution in [0.5, 0.6) is 0 Å². The van der Waals surface area contributed by atoms with Crippen LogP contribution in [0.2, 0.25) is 0 Å². The van der Waals surface area contributed by atoms with E-state index >= 15 is 0 Å². The summed E-state index contributed by atoms with van der Waals surface area (Å²) in [5.41, 5.74) is 12.2. The number of rotatable bonds is 0. The Morgan fingerprint density at radius 2 is 1.62 bits per heavy atom. The Bertz CT molecular complexity index is 45.3. The molecule has 2 N–H and O–H groups in total. The van der Waals surface area contributed by atoms with Crippen molar-refractivity contribution in [3.8, 4) is 0 Å². The van der Waals surface area contributed by atoms with Crippen molar-refractivity contribution in [3.63, 3.8) is 0 Å². The average molecular weight is 191 g/mol. The first-order chi connectivity index (χ1) is 3.15. The molecule has 0 bridgehead atoms. The summed E-state index contributed by atoms with van der Waals surface area (Å²) >= 11 is 0. The van der Waals surface area contributed by atoms with Gasteiger partial charge in [0.25, 0.3) is 0 Å². The fraction of sp³-hybridized carbons (Fsp3) is 0.750. The van der Waals surface area contributed by atoms with Crippen molar-refractivity contribution in [3.05, 3.63) is 11.5 Å². The zero-order valence-electron chi connectivity index (χ0n) is 5.19. The van der Waals surface area contributed by atoms with Crippen LogP contribution in [0.25, 0.3) is 11.5 Å². The molecule has 0 saturated heterocycles. The van der Waals surface area contributed by atoms with E-state index in [-0.39, 0.29) is 32.7 Å². The van der Waals surface area contributed by atoms with E-state index in [9.17, 15) is 0 Å². The molecule has 8 heavy (non-hydrogen) atoms. The van der Waals surface area contributed by atoms with Crippen LogP contribution in [-0.2, 0) is 37.5 Å². The van der Waals surface area contributed by atoms with Crippen LogP contribution < -0.4 is 0 Å². The molecule has 47 valence electrons. The fourth-order valence-electron chi connectivity index (χ4n) is 0. The van der Waals surface area contributed by atoms with Gasteiger partial charge in [0.1, 0.15) is 0 Å². The summed E-state index contributed by atoms with van der Waals surface area (Å²) in [6.45, 7) is 3.49. The van der Waals surface area contributed by atoms with E-state index in [0.29, 0.717) is 6.54 Å². The van der Waals surface area contributed by atoms with Crippen molar-refractivity contribution in [2.45, 2.75) is 13.8 Å². The predicted molar refractivity (Wildman–Crippen MR) is 29.9 cm³/mol. The third-order valence-electron chi connectivity index (χ3n) is 0. The summed E-state index contributed by atoms with van der Waals surface area (Å²) in [7, 11) is 0. The topological polar surface area (TPSA) is 64.7 Å². The number of hydrogen-bond donors (Lipinski definition) is 0. The molecule has 0 aliphatic rings. The summed E-state index contributed by atoms with van der Waals surface area (Å²) in [4.78, 5) is 9.11. The number of carbonyl (C=O) groups is 1. The summed E-state index contributed by atoms with van der Waals surface area (Å²) in [6.07, 6.45) is 0. The first-order valence-corrected chi connectivity index (χ1v) is 2.01. The summed E-state index contributed by atoms with van der Waals surface area (Å²) in [5, 5.41) is 0. The van der Waals surface area contributed by atoms with E-state index in [2.05, 4.69) is 0 Å². The van der Waals surface area contributed by atoms with Gasteiger partial charge in [0.05, 0.1) is 0 Å². The minimum Gasteiger partial charge on any atom is -0.678 e. The molecule has 0 aromatic heterocycles. The van der Waals surface area contributed by atoms with Gasteiger partial charge >= 0.3 is 0 Å². The van der Waals surface area contributed by atoms with Crippen molar-refractivity contribution in [1.29, 1.82) is 0 Å². The molecule has 0 unspecified atom stereocenters. The number of amides is 1. The zero-order valence-corrected chi connectivity index (χ0v) is 8.03. The Morgan fingerprint density at radius 3 is 1.62 bits per heavy atom. The molecule has 0 saturated carbocycles. The van der Waals surface area contributed by atoms with Gasteiger partial charge in [-0.2, -0.15) is 6.54 Å². The molecule has 0 fully saturated rings. The first-order valence-electron chi connectivity index (χ1n) is 2.01. The smallest absolute Gasteiger partial charge is 0.0456 e. The maximum atomic E-state index is 9.11. The molecule has 0 aromatic rings. The number of hydrogen-bond acceptors (Lipinski definition) is 1. The normalized spacial score (nSPS) is 5.38. The van der Waals surface area contributed by atoms with Crippen LogP contribution in [0.4, 0.5) is 0 Å². The molecular formula is C4H10N2OY-2. The first kappa shape index (κ1) is 15.8. The van der Waals surface area contributed by atoms with Gasteiger partial charge in [0.2, 0.25) is 0 Å². The molecule has 0 atom stereocenters. The zero-order chi connectivity index (χ0) is 6.28. The Labute approximate surface area is 75.1 Å². The van der Waals surface area contributed by atoms with Crippen LogP contribution in [0.3, 0.4) is 0 Å². The fourth-order valence-corrected chi connectivity index (χ4v) is 0. The molecule has 0 aromatic carbocycles. The van der Waals surface area contributed by atoms with Gasteiger partial charge in [0.15, 0.2) is 0 Å². The van der Waals surface area contributed by atoms with Crippen molar-refractivity contribution >= 4 is 5.91 Å². The quantitative estimate of drug-likeness (QED) is 0.573. The monoisotopic (exact) mass is 191 g/mol. The van der Waals surface area contributed by atoms with Gasteiger partial charge in [-0.1, -0.05) is 6.92 Å². The summed E-state index contributed by atoms with van der Waals surface area (Å²) in [5.74, 6) is -0.583. The van der Waals surface area contributed by atoms with Crippen LogP contribution in [0.15, 0.2) is 0 Å². The molecule has 0 rings (SSSR count). The molecule has 0 aliphatic carbocycles. The molecule has 3 nitrogen and oxygen atoms in total. The van der Waals surface area contributed by atoms with Gasteiger partial charge in [-0.25, -0.2) is 0 Å². The Kier molecular flexibility index (Phi) is 30.9. The standard InChI is InChI=1S/C2H5NO.C2H6N.Y/c1-2(3)4;1-2-3;/h1H3,(H2,3,4);3H,2H2,1H3;/q;-1;/p-1. The van der Waals surface area contributed by atoms with Crippen molar-refractivity contribution < 1.29 is 37.5 Å². The van der Waals surface area contributed by atoms with Crippen molar-refractivity contribution in [2.24, 2.45) is 0 Å². The molecule has 0 spiro atoms. The average Bonchev–Trinajstić information content (AvgIpc) is 1.33. The second-order valence-corrected chi connectivity index (χ2v) is 0.910. The Morgan fingerprint density at radius 1 is 1.62 bits per heavy atom. The Balaban J connectivity index is -0.0000000575. The van der Waals surface area contributed by atoms with E-state index in [0.717, 1.165) is 0 Å². The minimum atomic E-state index is -0.583. The van der Waals surface area contributed by atoms with Gasteiger partial charge < -0.3 is 16.3 Å². The molecule has 4 heteroatoms. The van der Waals surface area contributed by atoms with E-state index in [4.69, 9.17) is 16.3 Å². The third-order valence-corrected chi connectivity index (χ3v) is 0. The van der Waals surface area contributed by atoms with Gasteiger partial charge in [-0.15, -0.1) is 0 Å².